The average molecular weight is 185 g/mol. The first-order valence-corrected chi connectivity index (χ1v) is 5.08. The minimum absolute atomic E-state index is 0.293. The van der Waals surface area contributed by atoms with Crippen LogP contribution in [0, 0.1) is 5.92 Å². The first-order chi connectivity index (χ1) is 6.15. The van der Waals surface area contributed by atoms with E-state index in [-0.39, 0.29) is 6.04 Å². The van der Waals surface area contributed by atoms with E-state index in [1.165, 1.54) is 19.3 Å². The van der Waals surface area contributed by atoms with Gasteiger partial charge in [0, 0.05) is 0 Å². The number of nitrogens with zero attached hydrogens (tertiary/aromatic N) is 1. The average Bonchev–Trinajstić information content (AvgIpc) is 2.84. The number of hydrogen-bond acceptors (Lipinski definition) is 2. The van der Waals surface area contributed by atoms with E-state index in [0.29, 0.717) is 6.42 Å². The summed E-state index contributed by atoms with van der Waals surface area (Å²) in [7, 11) is 1.91. The minimum atomic E-state index is -0.694. The van der Waals surface area contributed by atoms with Gasteiger partial charge in [0.15, 0.2) is 0 Å². The third-order valence-corrected chi connectivity index (χ3v) is 2.79. The molecule has 1 saturated carbocycles. The van der Waals surface area contributed by atoms with Gasteiger partial charge in [-0.1, -0.05) is 19.8 Å². The molecule has 0 aromatic carbocycles. The second kappa shape index (κ2) is 4.61. The molecule has 1 fully saturated rings. The van der Waals surface area contributed by atoms with E-state index in [1.54, 1.807) is 0 Å². The van der Waals surface area contributed by atoms with Crippen LogP contribution < -0.4 is 0 Å². The summed E-state index contributed by atoms with van der Waals surface area (Å²) < 4.78 is 0. The molecule has 0 saturated heterocycles. The molecule has 1 unspecified atom stereocenters. The molecule has 0 aromatic heterocycles. The molecule has 0 amide bonds. The lowest BCUT2D eigenvalue weighted by Crippen LogP contribution is -2.38. The Morgan fingerprint density at radius 3 is 2.62 bits per heavy atom. The summed E-state index contributed by atoms with van der Waals surface area (Å²) >= 11 is 0. The second-order valence-electron chi connectivity index (χ2n) is 3.97. The van der Waals surface area contributed by atoms with Gasteiger partial charge in [0.1, 0.15) is 6.04 Å². The molecule has 13 heavy (non-hydrogen) atoms. The van der Waals surface area contributed by atoms with Gasteiger partial charge in [0.25, 0.3) is 0 Å². The first kappa shape index (κ1) is 10.5. The van der Waals surface area contributed by atoms with Crippen molar-refractivity contribution in [3.8, 4) is 0 Å². The number of hydrogen-bond donors (Lipinski definition) is 1. The lowest BCUT2D eigenvalue weighted by atomic mass is 10.2. The molecular formula is C10H19NO2. The summed E-state index contributed by atoms with van der Waals surface area (Å²) in [5, 5.41) is 8.88. The summed E-state index contributed by atoms with van der Waals surface area (Å²) in [5.74, 6) is 0.189. The topological polar surface area (TPSA) is 40.5 Å². The highest BCUT2D eigenvalue weighted by atomic mass is 16.4. The molecular weight excluding hydrogens is 166 g/mol. The molecule has 0 bridgehead atoms. The van der Waals surface area contributed by atoms with E-state index in [9.17, 15) is 4.79 Å². The van der Waals surface area contributed by atoms with Crippen molar-refractivity contribution < 1.29 is 9.90 Å². The van der Waals surface area contributed by atoms with Crippen molar-refractivity contribution in [3.05, 3.63) is 0 Å². The minimum Gasteiger partial charge on any atom is -0.480 e. The lowest BCUT2D eigenvalue weighted by Gasteiger charge is -2.23. The van der Waals surface area contributed by atoms with Gasteiger partial charge >= 0.3 is 5.97 Å². The molecule has 0 heterocycles. The quantitative estimate of drug-likeness (QED) is 0.683. The summed E-state index contributed by atoms with van der Waals surface area (Å²) in [6.07, 6.45) is 4.55. The second-order valence-corrected chi connectivity index (χ2v) is 3.97. The van der Waals surface area contributed by atoms with Crippen LogP contribution in [0.2, 0.25) is 0 Å². The van der Waals surface area contributed by atoms with E-state index in [0.717, 1.165) is 12.5 Å². The fourth-order valence-corrected chi connectivity index (χ4v) is 1.62. The maximum atomic E-state index is 10.8. The van der Waals surface area contributed by atoms with E-state index < -0.39 is 5.97 Å². The molecule has 0 aliphatic heterocycles. The van der Waals surface area contributed by atoms with Crippen LogP contribution in [0.4, 0.5) is 0 Å². The Morgan fingerprint density at radius 2 is 2.23 bits per heavy atom. The Hall–Kier alpha value is -0.570. The zero-order valence-corrected chi connectivity index (χ0v) is 8.49. The number of rotatable bonds is 6. The van der Waals surface area contributed by atoms with Gasteiger partial charge in [-0.2, -0.15) is 0 Å². The van der Waals surface area contributed by atoms with Gasteiger partial charge in [0.2, 0.25) is 0 Å². The monoisotopic (exact) mass is 185 g/mol. The predicted molar refractivity (Wildman–Crippen MR) is 51.7 cm³/mol. The van der Waals surface area contributed by atoms with Crippen LogP contribution in [-0.4, -0.2) is 35.6 Å². The predicted octanol–water partition coefficient (Wildman–Crippen LogP) is 1.58. The molecule has 1 rings (SSSR count). The number of carboxylic acid groups (broad SMARTS) is 1. The smallest absolute Gasteiger partial charge is 0.320 e. The van der Waals surface area contributed by atoms with Crippen molar-refractivity contribution in [1.82, 2.24) is 4.90 Å². The Balaban J connectivity index is 2.24. The zero-order chi connectivity index (χ0) is 9.84. The summed E-state index contributed by atoms with van der Waals surface area (Å²) in [4.78, 5) is 12.7. The molecule has 1 aliphatic rings. The van der Waals surface area contributed by atoms with Crippen LogP contribution in [0.3, 0.4) is 0 Å². The Bertz CT molecular complexity index is 178. The normalized spacial score (nSPS) is 19.0. The fourth-order valence-electron chi connectivity index (χ4n) is 1.62. The lowest BCUT2D eigenvalue weighted by molar-refractivity contribution is -0.142. The molecule has 1 N–H and O–H groups in total. The van der Waals surface area contributed by atoms with E-state index in [1.807, 2.05) is 18.9 Å². The number of carbonyl (C=O) groups is 1. The van der Waals surface area contributed by atoms with Crippen molar-refractivity contribution in [3.63, 3.8) is 0 Å². The Morgan fingerprint density at radius 1 is 1.62 bits per heavy atom. The zero-order valence-electron chi connectivity index (χ0n) is 8.49. The van der Waals surface area contributed by atoms with E-state index in [4.69, 9.17) is 5.11 Å². The van der Waals surface area contributed by atoms with Gasteiger partial charge < -0.3 is 5.11 Å². The molecule has 1 atom stereocenters. The maximum Gasteiger partial charge on any atom is 0.320 e. The third-order valence-electron chi connectivity index (χ3n) is 2.79. The Labute approximate surface area is 79.7 Å². The summed E-state index contributed by atoms with van der Waals surface area (Å²) in [5.41, 5.74) is 0. The van der Waals surface area contributed by atoms with Gasteiger partial charge in [-0.05, 0) is 32.4 Å². The first-order valence-electron chi connectivity index (χ1n) is 5.08. The van der Waals surface area contributed by atoms with Crippen molar-refractivity contribution in [2.24, 2.45) is 5.92 Å². The van der Waals surface area contributed by atoms with E-state index >= 15 is 0 Å². The van der Waals surface area contributed by atoms with Crippen LogP contribution in [-0.2, 0) is 4.79 Å². The van der Waals surface area contributed by atoms with Gasteiger partial charge in [-0.3, -0.25) is 9.69 Å². The SMILES string of the molecule is CCC(C(=O)O)N(C)CCC1CC1. The van der Waals surface area contributed by atoms with Crippen molar-refractivity contribution >= 4 is 5.97 Å². The maximum absolute atomic E-state index is 10.8. The number of likely N-dealkylation sites (N-methyl/N-ethyl adjacent to an activating group) is 1. The van der Waals surface area contributed by atoms with Crippen molar-refractivity contribution in [2.45, 2.75) is 38.6 Å². The van der Waals surface area contributed by atoms with E-state index in [2.05, 4.69) is 0 Å². The van der Waals surface area contributed by atoms with Crippen molar-refractivity contribution in [2.75, 3.05) is 13.6 Å². The van der Waals surface area contributed by atoms with Crippen LogP contribution in [0.25, 0.3) is 0 Å². The van der Waals surface area contributed by atoms with Gasteiger partial charge in [0.05, 0.1) is 0 Å². The van der Waals surface area contributed by atoms with Crippen LogP contribution in [0.5, 0.6) is 0 Å². The van der Waals surface area contributed by atoms with Crippen LogP contribution >= 0.6 is 0 Å². The number of aliphatic carboxylic acids is 1. The van der Waals surface area contributed by atoms with Crippen LogP contribution in [0.15, 0.2) is 0 Å². The molecule has 0 spiro atoms. The molecule has 1 aliphatic carbocycles. The van der Waals surface area contributed by atoms with Gasteiger partial charge in [-0.15, -0.1) is 0 Å². The molecule has 76 valence electrons. The highest BCUT2D eigenvalue weighted by Gasteiger charge is 2.24. The molecule has 3 heteroatoms. The number of carboxylic acids is 1. The Kier molecular flexibility index (Phi) is 3.72. The van der Waals surface area contributed by atoms with Crippen molar-refractivity contribution in [1.29, 1.82) is 0 Å². The fraction of sp³-hybridized carbons (Fsp3) is 0.900. The summed E-state index contributed by atoms with van der Waals surface area (Å²) in [6, 6.07) is -0.293. The molecule has 0 aromatic rings. The summed E-state index contributed by atoms with van der Waals surface area (Å²) in [6.45, 7) is 2.85. The largest absolute Gasteiger partial charge is 0.480 e. The van der Waals surface area contributed by atoms with Gasteiger partial charge in [-0.25, -0.2) is 0 Å². The highest BCUT2D eigenvalue weighted by molar-refractivity contribution is 5.73. The van der Waals surface area contributed by atoms with Crippen LogP contribution in [0.1, 0.15) is 32.6 Å². The highest BCUT2D eigenvalue weighted by Crippen LogP contribution is 2.32. The molecule has 0 radical (unpaired) electrons. The molecule has 3 nitrogen and oxygen atoms in total. The standard InChI is InChI=1S/C10H19NO2/c1-3-9(10(12)13)11(2)7-6-8-4-5-8/h8-9H,3-7H2,1-2H3,(H,12,13). The third kappa shape index (κ3) is 3.35.